The molecule has 0 saturated carbocycles. The molecule has 0 radical (unpaired) electrons. The maximum absolute atomic E-state index is 13.7. The molecule has 1 heterocycles. The summed E-state index contributed by atoms with van der Waals surface area (Å²) in [4.78, 5) is 17.3. The van der Waals surface area contributed by atoms with Crippen molar-refractivity contribution in [1.29, 1.82) is 0 Å². The van der Waals surface area contributed by atoms with Gasteiger partial charge >= 0.3 is 0 Å². The van der Waals surface area contributed by atoms with Gasteiger partial charge in [-0.3, -0.25) is 4.79 Å². The minimum absolute atomic E-state index is 0.134. The van der Waals surface area contributed by atoms with E-state index in [-0.39, 0.29) is 18.3 Å². The number of amidine groups is 1. The molecular formula is C24H19FN2O2S. The average Bonchev–Trinajstić information content (AvgIpc) is 3.08. The van der Waals surface area contributed by atoms with Gasteiger partial charge in [-0.15, -0.1) is 0 Å². The zero-order valence-electron chi connectivity index (χ0n) is 16.3. The summed E-state index contributed by atoms with van der Waals surface area (Å²) in [7, 11) is 0. The molecule has 1 amide bonds. The molecule has 0 spiro atoms. The van der Waals surface area contributed by atoms with Gasteiger partial charge in [0, 0.05) is 5.56 Å². The molecule has 30 heavy (non-hydrogen) atoms. The Morgan fingerprint density at radius 2 is 1.87 bits per heavy atom. The van der Waals surface area contributed by atoms with Crippen LogP contribution < -0.4 is 10.1 Å². The minimum atomic E-state index is -0.296. The summed E-state index contributed by atoms with van der Waals surface area (Å²) in [5.41, 5.74) is 3.24. The molecule has 1 aliphatic heterocycles. The fourth-order valence-corrected chi connectivity index (χ4v) is 3.68. The quantitative estimate of drug-likeness (QED) is 0.549. The van der Waals surface area contributed by atoms with Gasteiger partial charge in [0.05, 0.1) is 10.6 Å². The molecule has 150 valence electrons. The van der Waals surface area contributed by atoms with Gasteiger partial charge in [0.2, 0.25) is 0 Å². The Hall–Kier alpha value is -3.38. The van der Waals surface area contributed by atoms with E-state index < -0.39 is 0 Å². The van der Waals surface area contributed by atoms with Gasteiger partial charge in [0.15, 0.2) is 5.17 Å². The van der Waals surface area contributed by atoms with Crippen molar-refractivity contribution in [2.45, 2.75) is 13.5 Å². The maximum Gasteiger partial charge on any atom is 0.264 e. The van der Waals surface area contributed by atoms with E-state index in [1.54, 1.807) is 30.3 Å². The molecule has 1 saturated heterocycles. The van der Waals surface area contributed by atoms with E-state index in [1.807, 2.05) is 49.4 Å². The van der Waals surface area contributed by atoms with Crippen molar-refractivity contribution in [3.8, 4) is 5.75 Å². The summed E-state index contributed by atoms with van der Waals surface area (Å²) < 4.78 is 19.5. The maximum atomic E-state index is 13.7. The highest BCUT2D eigenvalue weighted by Gasteiger charge is 2.23. The number of thioether (sulfide) groups is 1. The molecule has 1 aliphatic rings. The zero-order valence-corrected chi connectivity index (χ0v) is 17.1. The van der Waals surface area contributed by atoms with E-state index in [1.165, 1.54) is 17.8 Å². The highest BCUT2D eigenvalue weighted by atomic mass is 32.2. The molecular weight excluding hydrogens is 399 g/mol. The van der Waals surface area contributed by atoms with E-state index in [9.17, 15) is 9.18 Å². The lowest BCUT2D eigenvalue weighted by molar-refractivity contribution is -0.115. The van der Waals surface area contributed by atoms with E-state index in [4.69, 9.17) is 4.74 Å². The van der Waals surface area contributed by atoms with Crippen LogP contribution in [0.4, 0.5) is 10.1 Å². The van der Waals surface area contributed by atoms with E-state index >= 15 is 0 Å². The van der Waals surface area contributed by atoms with E-state index in [2.05, 4.69) is 10.3 Å². The lowest BCUT2D eigenvalue weighted by Crippen LogP contribution is -2.19. The van der Waals surface area contributed by atoms with Crippen molar-refractivity contribution in [3.63, 3.8) is 0 Å². The first kappa shape index (κ1) is 19.9. The average molecular weight is 418 g/mol. The Morgan fingerprint density at radius 3 is 2.67 bits per heavy atom. The number of amides is 1. The second-order valence-corrected chi connectivity index (χ2v) is 7.80. The Bertz CT molecular complexity index is 1140. The van der Waals surface area contributed by atoms with Gasteiger partial charge in [-0.25, -0.2) is 9.38 Å². The topological polar surface area (TPSA) is 50.7 Å². The number of aryl methyl sites for hydroxylation is 1. The number of benzene rings is 3. The third-order valence-electron chi connectivity index (χ3n) is 4.42. The molecule has 4 nitrogen and oxygen atoms in total. The number of carbonyl (C=O) groups is 1. The van der Waals surface area contributed by atoms with Crippen LogP contribution in [0.15, 0.2) is 82.7 Å². The SMILES string of the molecule is Cc1ccc(N=C2NC(=O)/C(=C\c3cccc(OCc4ccccc4F)c3)S2)cc1. The molecule has 0 unspecified atom stereocenters. The van der Waals surface area contributed by atoms with Crippen molar-refractivity contribution < 1.29 is 13.9 Å². The minimum Gasteiger partial charge on any atom is -0.489 e. The smallest absolute Gasteiger partial charge is 0.264 e. The second-order valence-electron chi connectivity index (χ2n) is 6.77. The molecule has 0 aliphatic carbocycles. The first-order valence-electron chi connectivity index (χ1n) is 9.39. The summed E-state index contributed by atoms with van der Waals surface area (Å²) in [6, 6.07) is 21.6. The van der Waals surface area contributed by atoms with Crippen LogP contribution >= 0.6 is 11.8 Å². The van der Waals surface area contributed by atoms with Gasteiger partial charge in [-0.2, -0.15) is 0 Å². The second kappa shape index (κ2) is 8.97. The molecule has 0 bridgehead atoms. The van der Waals surface area contributed by atoms with Crippen molar-refractivity contribution in [2.75, 3.05) is 0 Å². The number of carbonyl (C=O) groups excluding carboxylic acids is 1. The summed E-state index contributed by atoms with van der Waals surface area (Å²) >= 11 is 1.29. The van der Waals surface area contributed by atoms with Crippen LogP contribution in [0.5, 0.6) is 5.75 Å². The third kappa shape index (κ3) is 4.96. The summed E-state index contributed by atoms with van der Waals surface area (Å²) in [5.74, 6) is 0.114. The largest absolute Gasteiger partial charge is 0.489 e. The first-order chi connectivity index (χ1) is 14.6. The third-order valence-corrected chi connectivity index (χ3v) is 5.33. The van der Waals surface area contributed by atoms with Crippen molar-refractivity contribution in [1.82, 2.24) is 5.32 Å². The van der Waals surface area contributed by atoms with Gasteiger partial charge in [-0.05, 0) is 60.7 Å². The van der Waals surface area contributed by atoms with E-state index in [0.29, 0.717) is 21.4 Å². The standard InChI is InChI=1S/C24H19FN2O2S/c1-16-9-11-19(12-10-16)26-24-27-23(28)22(30-24)14-17-5-4-7-20(13-17)29-15-18-6-2-3-8-21(18)25/h2-14H,15H2,1H3,(H,26,27,28)/b22-14+. The fraction of sp³-hybridized carbons (Fsp3) is 0.0833. The van der Waals surface area contributed by atoms with Crippen LogP contribution in [-0.4, -0.2) is 11.1 Å². The van der Waals surface area contributed by atoms with Crippen molar-refractivity contribution in [2.24, 2.45) is 4.99 Å². The summed E-state index contributed by atoms with van der Waals surface area (Å²) in [6.07, 6.45) is 1.79. The Kier molecular flexibility index (Phi) is 5.95. The van der Waals surface area contributed by atoms with Gasteiger partial charge in [0.1, 0.15) is 18.2 Å². The summed E-state index contributed by atoms with van der Waals surface area (Å²) in [6.45, 7) is 2.15. The number of nitrogens with zero attached hydrogens (tertiary/aromatic N) is 1. The Morgan fingerprint density at radius 1 is 1.07 bits per heavy atom. The predicted octanol–water partition coefficient (Wildman–Crippen LogP) is 5.60. The van der Waals surface area contributed by atoms with E-state index in [0.717, 1.165) is 16.8 Å². The molecule has 1 N–H and O–H groups in total. The monoisotopic (exact) mass is 418 g/mol. The number of hydrogen-bond donors (Lipinski definition) is 1. The summed E-state index contributed by atoms with van der Waals surface area (Å²) in [5, 5.41) is 3.33. The molecule has 6 heteroatoms. The molecule has 3 aromatic carbocycles. The van der Waals surface area contributed by atoms with Crippen LogP contribution in [0.25, 0.3) is 6.08 Å². The van der Waals surface area contributed by atoms with Crippen LogP contribution in [0.3, 0.4) is 0 Å². The number of aliphatic imine (C=N–C) groups is 1. The number of halogens is 1. The van der Waals surface area contributed by atoms with Gasteiger partial charge < -0.3 is 10.1 Å². The molecule has 0 atom stereocenters. The van der Waals surface area contributed by atoms with Crippen molar-refractivity contribution in [3.05, 3.63) is 100 Å². The number of ether oxygens (including phenoxy) is 1. The van der Waals surface area contributed by atoms with Crippen LogP contribution in [0.2, 0.25) is 0 Å². The van der Waals surface area contributed by atoms with Crippen LogP contribution in [-0.2, 0) is 11.4 Å². The van der Waals surface area contributed by atoms with Crippen LogP contribution in [0.1, 0.15) is 16.7 Å². The lowest BCUT2D eigenvalue weighted by atomic mass is 10.2. The van der Waals surface area contributed by atoms with Gasteiger partial charge in [0.25, 0.3) is 5.91 Å². The molecule has 0 aromatic heterocycles. The Labute approximate surface area is 178 Å². The highest BCUT2D eigenvalue weighted by molar-refractivity contribution is 8.18. The normalized spacial score (nSPS) is 16.1. The lowest BCUT2D eigenvalue weighted by Gasteiger charge is -2.08. The van der Waals surface area contributed by atoms with Crippen LogP contribution in [0, 0.1) is 12.7 Å². The zero-order chi connectivity index (χ0) is 20.9. The molecule has 3 aromatic rings. The van der Waals surface area contributed by atoms with Crippen molar-refractivity contribution >= 4 is 34.6 Å². The number of rotatable bonds is 5. The number of nitrogens with one attached hydrogen (secondary N) is 1. The fourth-order valence-electron chi connectivity index (χ4n) is 2.84. The predicted molar refractivity (Wildman–Crippen MR) is 119 cm³/mol. The number of hydrogen-bond acceptors (Lipinski definition) is 4. The molecule has 1 fully saturated rings. The Balaban J connectivity index is 1.46. The molecule has 4 rings (SSSR count). The van der Waals surface area contributed by atoms with Gasteiger partial charge in [-0.1, -0.05) is 48.0 Å². The highest BCUT2D eigenvalue weighted by Crippen LogP contribution is 2.29. The first-order valence-corrected chi connectivity index (χ1v) is 10.2.